The molecular weight excluding hydrogens is 497 g/mol. The summed E-state index contributed by atoms with van der Waals surface area (Å²) in [6, 6.07) is 18.1. The molecule has 4 nitrogen and oxygen atoms in total. The monoisotopic (exact) mass is 536 g/mol. The molecule has 4 aromatic rings. The maximum Gasteiger partial charge on any atom is 0.416 e. The second-order valence-corrected chi connectivity index (χ2v) is 10.3. The third-order valence-corrected chi connectivity index (χ3v) is 7.47. The van der Waals surface area contributed by atoms with Gasteiger partial charge in [0.2, 0.25) is 0 Å². The van der Waals surface area contributed by atoms with Crippen LogP contribution < -0.4 is 0 Å². The Bertz CT molecular complexity index is 1320. The molecule has 0 bridgehead atoms. The Balaban J connectivity index is 1.60. The number of aromatic nitrogens is 2. The maximum atomic E-state index is 13.4. The third-order valence-electron chi connectivity index (χ3n) is 7.47. The highest BCUT2D eigenvalue weighted by Gasteiger charge is 2.30. The molecule has 2 aromatic heterocycles. The van der Waals surface area contributed by atoms with Crippen molar-refractivity contribution in [3.8, 4) is 5.69 Å². The second-order valence-electron chi connectivity index (χ2n) is 10.3. The molecule has 7 heteroatoms. The number of alkyl halides is 3. The highest BCUT2D eigenvalue weighted by Crippen LogP contribution is 2.32. The quantitative estimate of drug-likeness (QED) is 0.173. The zero-order valence-corrected chi connectivity index (χ0v) is 23.2. The van der Waals surface area contributed by atoms with E-state index in [1.807, 2.05) is 41.2 Å². The van der Waals surface area contributed by atoms with Gasteiger partial charge in [-0.15, -0.1) is 0 Å². The van der Waals surface area contributed by atoms with E-state index in [1.54, 1.807) is 12.3 Å². The molecule has 4 rings (SSSR count). The van der Waals surface area contributed by atoms with E-state index in [0.717, 1.165) is 60.6 Å². The van der Waals surface area contributed by atoms with Crippen molar-refractivity contribution in [1.29, 1.82) is 0 Å². The van der Waals surface area contributed by atoms with Crippen LogP contribution in [0.25, 0.3) is 16.6 Å². The van der Waals surface area contributed by atoms with Gasteiger partial charge in [-0.1, -0.05) is 50.6 Å². The van der Waals surface area contributed by atoms with E-state index < -0.39 is 11.7 Å². The van der Waals surface area contributed by atoms with Gasteiger partial charge in [-0.05, 0) is 74.3 Å². The van der Waals surface area contributed by atoms with Crippen molar-refractivity contribution in [2.45, 2.75) is 64.8 Å². The molecule has 1 atom stereocenters. The van der Waals surface area contributed by atoms with E-state index in [9.17, 15) is 13.2 Å². The number of rotatable bonds is 13. The summed E-state index contributed by atoms with van der Waals surface area (Å²) < 4.78 is 42.2. The first-order valence-electron chi connectivity index (χ1n) is 13.9. The van der Waals surface area contributed by atoms with E-state index in [4.69, 9.17) is 0 Å². The van der Waals surface area contributed by atoms with Crippen LogP contribution in [-0.4, -0.2) is 45.5 Å². The topological polar surface area (TPSA) is 24.3 Å². The van der Waals surface area contributed by atoms with Crippen molar-refractivity contribution in [2.24, 2.45) is 0 Å². The van der Waals surface area contributed by atoms with Gasteiger partial charge in [-0.3, -0.25) is 9.88 Å². The lowest BCUT2D eigenvalue weighted by Gasteiger charge is -2.28. The molecule has 0 N–H and O–H groups in total. The Labute approximate surface area is 230 Å². The predicted molar refractivity (Wildman–Crippen MR) is 153 cm³/mol. The van der Waals surface area contributed by atoms with Gasteiger partial charge >= 0.3 is 6.18 Å². The SMILES string of the molecule is CCCC(CC)N(C)CCCN(Cc1cccnc1)Cc1cn(-c2cccc(C(F)(F)F)c2)c2ccccc12. The number of fused-ring (bicyclic) bond motifs is 1. The Morgan fingerprint density at radius 3 is 2.49 bits per heavy atom. The van der Waals surface area contributed by atoms with E-state index in [2.05, 4.69) is 47.8 Å². The molecule has 0 aliphatic rings. The summed E-state index contributed by atoms with van der Waals surface area (Å²) in [6.45, 7) is 7.87. The van der Waals surface area contributed by atoms with Crippen LogP contribution in [0.1, 0.15) is 56.2 Å². The van der Waals surface area contributed by atoms with Crippen LogP contribution >= 0.6 is 0 Å². The van der Waals surface area contributed by atoms with Gasteiger partial charge in [0, 0.05) is 55.3 Å². The van der Waals surface area contributed by atoms with Crippen LogP contribution in [-0.2, 0) is 19.3 Å². The summed E-state index contributed by atoms with van der Waals surface area (Å²) in [7, 11) is 2.22. The maximum absolute atomic E-state index is 13.4. The second kappa shape index (κ2) is 13.3. The molecule has 2 heterocycles. The Kier molecular flexibility index (Phi) is 9.81. The molecule has 0 saturated heterocycles. The van der Waals surface area contributed by atoms with E-state index in [1.165, 1.54) is 25.0 Å². The molecule has 0 spiro atoms. The number of nitrogens with zero attached hydrogens (tertiary/aromatic N) is 4. The molecule has 208 valence electrons. The van der Waals surface area contributed by atoms with Crippen molar-refractivity contribution in [3.05, 3.63) is 95.9 Å². The summed E-state index contributed by atoms with van der Waals surface area (Å²) in [6.07, 6.45) is 5.87. The molecular formula is C32H39F3N4. The lowest BCUT2D eigenvalue weighted by Crippen LogP contribution is -2.34. The highest BCUT2D eigenvalue weighted by atomic mass is 19.4. The largest absolute Gasteiger partial charge is 0.416 e. The Morgan fingerprint density at radius 2 is 1.77 bits per heavy atom. The van der Waals surface area contributed by atoms with E-state index in [-0.39, 0.29) is 0 Å². The van der Waals surface area contributed by atoms with E-state index >= 15 is 0 Å². The molecule has 0 fully saturated rings. The highest BCUT2D eigenvalue weighted by molar-refractivity contribution is 5.85. The van der Waals surface area contributed by atoms with Gasteiger partial charge in [0.05, 0.1) is 11.1 Å². The first-order valence-corrected chi connectivity index (χ1v) is 13.9. The minimum absolute atomic E-state index is 0.509. The zero-order valence-electron chi connectivity index (χ0n) is 23.2. The number of pyridine rings is 1. The molecule has 0 aliphatic carbocycles. The summed E-state index contributed by atoms with van der Waals surface area (Å²) >= 11 is 0. The number of hydrogen-bond acceptors (Lipinski definition) is 3. The summed E-state index contributed by atoms with van der Waals surface area (Å²) in [4.78, 5) is 9.20. The van der Waals surface area contributed by atoms with Crippen LogP contribution in [0.2, 0.25) is 0 Å². The molecule has 2 aromatic carbocycles. The van der Waals surface area contributed by atoms with Crippen LogP contribution in [0.15, 0.2) is 79.3 Å². The fourth-order valence-electron chi connectivity index (χ4n) is 5.42. The van der Waals surface area contributed by atoms with Gasteiger partial charge in [-0.2, -0.15) is 13.2 Å². The standard InChI is InChI=1S/C32H39F3N4/c1-4-11-28(5-2)37(3)18-10-19-38(22-25-12-9-17-36-21-25)23-26-24-39(31-16-7-6-15-30(26)31)29-14-8-13-27(20-29)32(33,34)35/h6-9,12-17,20-21,24,28H,4-5,10-11,18-19,22-23H2,1-3H3. The molecule has 0 amide bonds. The minimum Gasteiger partial charge on any atom is -0.316 e. The van der Waals surface area contributed by atoms with Crippen molar-refractivity contribution < 1.29 is 13.2 Å². The Morgan fingerprint density at radius 1 is 0.949 bits per heavy atom. The lowest BCUT2D eigenvalue weighted by atomic mass is 10.1. The molecule has 39 heavy (non-hydrogen) atoms. The van der Waals surface area contributed by atoms with Crippen LogP contribution in [0.4, 0.5) is 13.2 Å². The first kappa shape index (κ1) is 28.8. The van der Waals surface area contributed by atoms with Gasteiger partial charge in [0.1, 0.15) is 0 Å². The van der Waals surface area contributed by atoms with Gasteiger partial charge in [0.25, 0.3) is 0 Å². The Hall–Kier alpha value is -3.16. The van der Waals surface area contributed by atoms with Gasteiger partial charge in [0.15, 0.2) is 0 Å². The minimum atomic E-state index is -4.39. The van der Waals surface area contributed by atoms with Crippen LogP contribution in [0.3, 0.4) is 0 Å². The zero-order chi connectivity index (χ0) is 27.8. The fraction of sp³-hybridized carbons (Fsp3) is 0.406. The molecule has 1 unspecified atom stereocenters. The smallest absolute Gasteiger partial charge is 0.316 e. The van der Waals surface area contributed by atoms with Crippen molar-refractivity contribution in [3.63, 3.8) is 0 Å². The van der Waals surface area contributed by atoms with Gasteiger partial charge < -0.3 is 9.47 Å². The number of benzene rings is 2. The van der Waals surface area contributed by atoms with Gasteiger partial charge in [-0.25, -0.2) is 0 Å². The van der Waals surface area contributed by atoms with Crippen molar-refractivity contribution in [1.82, 2.24) is 19.4 Å². The van der Waals surface area contributed by atoms with Crippen LogP contribution in [0, 0.1) is 0 Å². The van der Waals surface area contributed by atoms with Crippen molar-refractivity contribution >= 4 is 10.9 Å². The fourth-order valence-corrected chi connectivity index (χ4v) is 5.42. The summed E-state index contributed by atoms with van der Waals surface area (Å²) in [5, 5.41) is 1.05. The van der Waals surface area contributed by atoms with E-state index in [0.29, 0.717) is 18.3 Å². The lowest BCUT2D eigenvalue weighted by molar-refractivity contribution is -0.137. The normalized spacial score (nSPS) is 13.0. The summed E-state index contributed by atoms with van der Waals surface area (Å²) in [5.74, 6) is 0. The molecule has 0 aliphatic heterocycles. The number of halogens is 3. The summed E-state index contributed by atoms with van der Waals surface area (Å²) in [5.41, 5.74) is 3.00. The van der Waals surface area contributed by atoms with Crippen LogP contribution in [0.5, 0.6) is 0 Å². The number of para-hydroxylation sites is 1. The average Bonchev–Trinajstić information content (AvgIpc) is 3.30. The molecule has 0 radical (unpaired) electrons. The predicted octanol–water partition coefficient (Wildman–Crippen LogP) is 7.95. The average molecular weight is 537 g/mol. The number of hydrogen-bond donors (Lipinski definition) is 0. The molecule has 0 saturated carbocycles. The van der Waals surface area contributed by atoms with Crippen molar-refractivity contribution in [2.75, 3.05) is 20.1 Å². The first-order chi connectivity index (χ1) is 18.8. The third kappa shape index (κ3) is 7.49.